The molecule has 1 saturated heterocycles. The molecule has 0 atom stereocenters. The minimum absolute atomic E-state index is 0.00479. The molecule has 0 unspecified atom stereocenters. The molecule has 0 bridgehead atoms. The van der Waals surface area contributed by atoms with Crippen LogP contribution in [0.5, 0.6) is 17.5 Å². The van der Waals surface area contributed by atoms with Gasteiger partial charge in [0, 0.05) is 43.9 Å². The molecule has 9 nitrogen and oxygen atoms in total. The molecule has 2 aromatic heterocycles. The van der Waals surface area contributed by atoms with Crippen LogP contribution in [0, 0.1) is 0 Å². The van der Waals surface area contributed by atoms with Crippen molar-refractivity contribution in [2.45, 2.75) is 18.9 Å². The van der Waals surface area contributed by atoms with Crippen molar-refractivity contribution in [1.29, 1.82) is 0 Å². The maximum atomic E-state index is 12.9. The molecule has 30 heavy (non-hydrogen) atoms. The largest absolute Gasteiger partial charge is 0.497 e. The second kappa shape index (κ2) is 8.81. The Hall–Kier alpha value is -3.62. The summed E-state index contributed by atoms with van der Waals surface area (Å²) in [5.41, 5.74) is 1.80. The molecule has 0 spiro atoms. The third kappa shape index (κ3) is 4.19. The molecule has 1 aliphatic rings. The van der Waals surface area contributed by atoms with Crippen molar-refractivity contribution in [3.8, 4) is 28.8 Å². The zero-order chi connectivity index (χ0) is 20.9. The van der Waals surface area contributed by atoms with Gasteiger partial charge in [0.1, 0.15) is 23.3 Å². The van der Waals surface area contributed by atoms with Gasteiger partial charge in [-0.05, 0) is 30.3 Å². The smallest absolute Gasteiger partial charge is 0.316 e. The maximum absolute atomic E-state index is 12.9. The number of piperidine rings is 1. The lowest BCUT2D eigenvalue weighted by Gasteiger charge is -2.31. The van der Waals surface area contributed by atoms with Gasteiger partial charge in [-0.3, -0.25) is 9.89 Å². The highest BCUT2D eigenvalue weighted by Gasteiger charge is 2.26. The first-order valence-electron chi connectivity index (χ1n) is 9.68. The summed E-state index contributed by atoms with van der Waals surface area (Å²) in [7, 11) is 3.19. The monoisotopic (exact) mass is 409 g/mol. The molecule has 0 saturated carbocycles. The van der Waals surface area contributed by atoms with Crippen molar-refractivity contribution in [1.82, 2.24) is 25.1 Å². The molecular weight excluding hydrogens is 386 g/mol. The van der Waals surface area contributed by atoms with Gasteiger partial charge in [-0.1, -0.05) is 0 Å². The van der Waals surface area contributed by atoms with Crippen LogP contribution in [-0.4, -0.2) is 64.4 Å². The Morgan fingerprint density at radius 3 is 2.57 bits per heavy atom. The number of nitrogens with zero attached hydrogens (tertiary/aromatic N) is 4. The molecule has 4 rings (SSSR count). The van der Waals surface area contributed by atoms with Crippen molar-refractivity contribution in [2.24, 2.45) is 0 Å². The van der Waals surface area contributed by atoms with Gasteiger partial charge in [0.15, 0.2) is 0 Å². The van der Waals surface area contributed by atoms with Crippen LogP contribution in [0.4, 0.5) is 0 Å². The van der Waals surface area contributed by atoms with Gasteiger partial charge in [-0.15, -0.1) is 0 Å². The van der Waals surface area contributed by atoms with Gasteiger partial charge in [-0.25, -0.2) is 9.97 Å². The van der Waals surface area contributed by atoms with Crippen molar-refractivity contribution >= 4 is 5.91 Å². The lowest BCUT2D eigenvalue weighted by molar-refractivity contribution is 0.0573. The standard InChI is InChI=1S/C21H23N5O4/c1-28-15-4-5-19(29-2)16(12-15)17-13-18(25-24-17)20(27)26-10-6-14(7-11-26)30-21-22-8-3-9-23-21/h3-5,8-9,12-14H,6-7,10-11H2,1-2H3,(H,24,25). The van der Waals surface area contributed by atoms with E-state index in [0.717, 1.165) is 5.56 Å². The summed E-state index contributed by atoms with van der Waals surface area (Å²) in [6.07, 6.45) is 4.72. The second-order valence-electron chi connectivity index (χ2n) is 6.87. The lowest BCUT2D eigenvalue weighted by atomic mass is 10.1. The SMILES string of the molecule is COc1ccc(OC)c(-c2cc(C(=O)N3CCC(Oc4ncccn4)CC3)[nH]n2)c1. The summed E-state index contributed by atoms with van der Waals surface area (Å²) in [6.45, 7) is 1.18. The van der Waals surface area contributed by atoms with Gasteiger partial charge < -0.3 is 19.1 Å². The molecular formula is C21H23N5O4. The molecule has 0 radical (unpaired) electrons. The molecule has 1 aromatic carbocycles. The fourth-order valence-electron chi connectivity index (χ4n) is 3.43. The van der Waals surface area contributed by atoms with Gasteiger partial charge >= 0.3 is 6.01 Å². The minimum Gasteiger partial charge on any atom is -0.497 e. The Bertz CT molecular complexity index is 1000. The fourth-order valence-corrected chi connectivity index (χ4v) is 3.43. The Kier molecular flexibility index (Phi) is 5.78. The molecule has 3 aromatic rings. The highest BCUT2D eigenvalue weighted by Crippen LogP contribution is 2.32. The van der Waals surface area contributed by atoms with E-state index in [-0.39, 0.29) is 12.0 Å². The number of aromatic amines is 1. The summed E-state index contributed by atoms with van der Waals surface area (Å²) in [5, 5.41) is 7.16. The van der Waals surface area contributed by atoms with Crippen LogP contribution >= 0.6 is 0 Å². The average Bonchev–Trinajstić information content (AvgIpc) is 3.29. The first-order chi connectivity index (χ1) is 14.7. The first kappa shape index (κ1) is 19.7. The van der Waals surface area contributed by atoms with E-state index in [1.54, 1.807) is 43.6 Å². The van der Waals surface area contributed by atoms with E-state index >= 15 is 0 Å². The predicted molar refractivity (Wildman–Crippen MR) is 109 cm³/mol. The van der Waals surface area contributed by atoms with E-state index in [2.05, 4.69) is 20.2 Å². The van der Waals surface area contributed by atoms with Crippen LogP contribution in [0.2, 0.25) is 0 Å². The van der Waals surface area contributed by atoms with Crippen molar-refractivity contribution in [2.75, 3.05) is 27.3 Å². The number of hydrogen-bond acceptors (Lipinski definition) is 7. The predicted octanol–water partition coefficient (Wildman–Crippen LogP) is 2.57. The number of nitrogens with one attached hydrogen (secondary N) is 1. The summed E-state index contributed by atoms with van der Waals surface area (Å²) in [5.74, 6) is 1.25. The van der Waals surface area contributed by atoms with E-state index in [1.807, 2.05) is 18.2 Å². The molecule has 1 aliphatic heterocycles. The highest BCUT2D eigenvalue weighted by molar-refractivity contribution is 5.93. The zero-order valence-corrected chi connectivity index (χ0v) is 16.9. The van der Waals surface area contributed by atoms with E-state index in [9.17, 15) is 4.79 Å². The molecule has 1 amide bonds. The number of H-pyrrole nitrogens is 1. The van der Waals surface area contributed by atoms with Crippen molar-refractivity contribution < 1.29 is 19.0 Å². The third-order valence-corrected chi connectivity index (χ3v) is 5.03. The maximum Gasteiger partial charge on any atom is 0.316 e. The van der Waals surface area contributed by atoms with Crippen LogP contribution in [0.1, 0.15) is 23.3 Å². The van der Waals surface area contributed by atoms with Gasteiger partial charge in [0.05, 0.1) is 19.9 Å². The summed E-state index contributed by atoms with van der Waals surface area (Å²) in [4.78, 5) is 22.9. The number of carbonyl (C=O) groups is 1. The summed E-state index contributed by atoms with van der Waals surface area (Å²) in [6, 6.07) is 9.30. The Morgan fingerprint density at radius 1 is 1.10 bits per heavy atom. The number of amides is 1. The number of benzene rings is 1. The van der Waals surface area contributed by atoms with Crippen LogP contribution in [-0.2, 0) is 0 Å². The number of carbonyl (C=O) groups excluding carboxylic acids is 1. The summed E-state index contributed by atoms with van der Waals surface area (Å²) >= 11 is 0. The topological polar surface area (TPSA) is 102 Å². The average molecular weight is 409 g/mol. The Labute approximate surface area is 174 Å². The quantitative estimate of drug-likeness (QED) is 0.667. The first-order valence-corrected chi connectivity index (χ1v) is 9.68. The lowest BCUT2D eigenvalue weighted by Crippen LogP contribution is -2.42. The molecule has 1 fully saturated rings. The number of hydrogen-bond donors (Lipinski definition) is 1. The van der Waals surface area contributed by atoms with Crippen LogP contribution in [0.3, 0.4) is 0 Å². The van der Waals surface area contributed by atoms with Crippen molar-refractivity contribution in [3.05, 3.63) is 48.4 Å². The molecule has 9 heteroatoms. The van der Waals surface area contributed by atoms with Gasteiger partial charge in [0.2, 0.25) is 0 Å². The number of ether oxygens (including phenoxy) is 3. The summed E-state index contributed by atoms with van der Waals surface area (Å²) < 4.78 is 16.5. The molecule has 0 aliphatic carbocycles. The zero-order valence-electron chi connectivity index (χ0n) is 16.9. The van der Waals surface area contributed by atoms with Crippen LogP contribution in [0.15, 0.2) is 42.7 Å². The van der Waals surface area contributed by atoms with Crippen LogP contribution < -0.4 is 14.2 Å². The van der Waals surface area contributed by atoms with Crippen molar-refractivity contribution in [3.63, 3.8) is 0 Å². The third-order valence-electron chi connectivity index (χ3n) is 5.03. The van der Waals surface area contributed by atoms with E-state index in [4.69, 9.17) is 14.2 Å². The van der Waals surface area contributed by atoms with Crippen LogP contribution in [0.25, 0.3) is 11.3 Å². The highest BCUT2D eigenvalue weighted by atomic mass is 16.5. The van der Waals surface area contributed by atoms with Gasteiger partial charge in [-0.2, -0.15) is 5.10 Å². The minimum atomic E-state index is -0.0926. The Morgan fingerprint density at radius 2 is 1.87 bits per heavy atom. The van der Waals surface area contributed by atoms with Gasteiger partial charge in [0.25, 0.3) is 5.91 Å². The Balaban J connectivity index is 1.42. The van der Waals surface area contributed by atoms with E-state index < -0.39 is 0 Å². The van der Waals surface area contributed by atoms with E-state index in [0.29, 0.717) is 54.8 Å². The number of rotatable bonds is 6. The number of methoxy groups -OCH3 is 2. The normalized spacial score (nSPS) is 14.4. The fraction of sp³-hybridized carbons (Fsp3) is 0.333. The second-order valence-corrected chi connectivity index (χ2v) is 6.87. The molecule has 156 valence electrons. The molecule has 1 N–H and O–H groups in total. The molecule has 3 heterocycles. The number of likely N-dealkylation sites (tertiary alicyclic amines) is 1. The van der Waals surface area contributed by atoms with E-state index in [1.165, 1.54) is 0 Å². The number of aromatic nitrogens is 4.